The molecule has 0 heterocycles. The smallest absolute Gasteiger partial charge is 0.123 e. The van der Waals surface area contributed by atoms with Crippen molar-refractivity contribution in [2.24, 2.45) is 0 Å². The predicted octanol–water partition coefficient (Wildman–Crippen LogP) is 1.36. The lowest BCUT2D eigenvalue weighted by Gasteiger charge is -2.20. The fraction of sp³-hybridized carbons (Fsp3) is 0.571. The molecule has 0 radical (unpaired) electrons. The Bertz CT molecular complexity index is 384. The number of ether oxygens (including phenoxy) is 3. The molecule has 1 aromatic rings. The third-order valence-electron chi connectivity index (χ3n) is 2.92. The van der Waals surface area contributed by atoms with E-state index in [2.05, 4.69) is 5.32 Å². The second-order valence-electron chi connectivity index (χ2n) is 4.35. The quantitative estimate of drug-likeness (QED) is 0.746. The highest BCUT2D eigenvalue weighted by molar-refractivity contribution is 5.42. The van der Waals surface area contributed by atoms with Crippen LogP contribution in [0.15, 0.2) is 18.2 Å². The van der Waals surface area contributed by atoms with Gasteiger partial charge in [0.1, 0.15) is 11.5 Å². The van der Waals surface area contributed by atoms with Gasteiger partial charge in [0.05, 0.1) is 26.9 Å². The van der Waals surface area contributed by atoms with Gasteiger partial charge in [0.25, 0.3) is 0 Å². The van der Waals surface area contributed by atoms with Gasteiger partial charge in [-0.2, -0.15) is 0 Å². The van der Waals surface area contributed by atoms with Crippen molar-refractivity contribution in [3.05, 3.63) is 23.8 Å². The minimum absolute atomic E-state index is 0.0385. The van der Waals surface area contributed by atoms with Crippen LogP contribution >= 0.6 is 0 Å². The number of hydrogen-bond acceptors (Lipinski definition) is 5. The van der Waals surface area contributed by atoms with Crippen LogP contribution in [0.1, 0.15) is 18.5 Å². The summed E-state index contributed by atoms with van der Waals surface area (Å²) in [6, 6.07) is 5.70. The Morgan fingerprint density at radius 3 is 2.53 bits per heavy atom. The zero-order valence-corrected chi connectivity index (χ0v) is 12.0. The average molecular weight is 269 g/mol. The number of nitrogens with one attached hydrogen (secondary N) is 1. The molecule has 0 saturated heterocycles. The van der Waals surface area contributed by atoms with E-state index in [-0.39, 0.29) is 6.04 Å². The molecule has 108 valence electrons. The van der Waals surface area contributed by atoms with Crippen LogP contribution in [0, 0.1) is 0 Å². The number of hydrogen-bond donors (Lipinski definition) is 2. The first-order valence-corrected chi connectivity index (χ1v) is 6.24. The highest BCUT2D eigenvalue weighted by Crippen LogP contribution is 2.29. The van der Waals surface area contributed by atoms with Crippen molar-refractivity contribution in [3.63, 3.8) is 0 Å². The first-order chi connectivity index (χ1) is 9.12. The summed E-state index contributed by atoms with van der Waals surface area (Å²) in [5.41, 5.74) is 0.992. The maximum atomic E-state index is 9.63. The summed E-state index contributed by atoms with van der Waals surface area (Å²) in [6.45, 7) is 2.78. The van der Waals surface area contributed by atoms with Gasteiger partial charge in [-0.15, -0.1) is 0 Å². The maximum absolute atomic E-state index is 9.63. The van der Waals surface area contributed by atoms with Crippen molar-refractivity contribution in [2.45, 2.75) is 19.1 Å². The first kappa shape index (κ1) is 15.8. The highest BCUT2D eigenvalue weighted by atomic mass is 16.5. The summed E-state index contributed by atoms with van der Waals surface area (Å²) in [6.07, 6.45) is -0.524. The SMILES string of the molecule is COCC(O)CNC(C)c1cc(OC)ccc1OC. The Morgan fingerprint density at radius 2 is 1.95 bits per heavy atom. The lowest BCUT2D eigenvalue weighted by molar-refractivity contribution is 0.0630. The van der Waals surface area contributed by atoms with E-state index in [1.54, 1.807) is 21.3 Å². The molecule has 0 aliphatic rings. The molecule has 5 heteroatoms. The Labute approximate surface area is 114 Å². The van der Waals surface area contributed by atoms with E-state index < -0.39 is 6.10 Å². The molecule has 0 spiro atoms. The standard InChI is InChI=1S/C14H23NO4/c1-10(15-8-11(16)9-17-2)13-7-12(18-3)5-6-14(13)19-4/h5-7,10-11,15-16H,8-9H2,1-4H3. The van der Waals surface area contributed by atoms with Gasteiger partial charge in [-0.05, 0) is 25.1 Å². The van der Waals surface area contributed by atoms with Crippen LogP contribution in [-0.4, -0.2) is 45.7 Å². The zero-order valence-electron chi connectivity index (χ0n) is 12.0. The molecule has 1 rings (SSSR count). The summed E-state index contributed by atoms with van der Waals surface area (Å²) in [7, 11) is 4.83. The van der Waals surface area contributed by atoms with Gasteiger partial charge in [-0.25, -0.2) is 0 Å². The zero-order chi connectivity index (χ0) is 14.3. The van der Waals surface area contributed by atoms with Gasteiger partial charge in [0.2, 0.25) is 0 Å². The number of aliphatic hydroxyl groups excluding tert-OH is 1. The second kappa shape index (κ2) is 7.99. The molecule has 2 N–H and O–H groups in total. The van der Waals surface area contributed by atoms with Crippen molar-refractivity contribution in [1.29, 1.82) is 0 Å². The van der Waals surface area contributed by atoms with E-state index in [4.69, 9.17) is 14.2 Å². The topological polar surface area (TPSA) is 60.0 Å². The molecule has 5 nitrogen and oxygen atoms in total. The highest BCUT2D eigenvalue weighted by Gasteiger charge is 2.14. The summed E-state index contributed by atoms with van der Waals surface area (Å²) < 4.78 is 15.4. The van der Waals surface area contributed by atoms with Crippen LogP contribution in [0.5, 0.6) is 11.5 Å². The molecular weight excluding hydrogens is 246 g/mol. The van der Waals surface area contributed by atoms with Gasteiger partial charge >= 0.3 is 0 Å². The molecule has 0 aliphatic carbocycles. The van der Waals surface area contributed by atoms with E-state index in [0.717, 1.165) is 17.1 Å². The Morgan fingerprint density at radius 1 is 1.21 bits per heavy atom. The minimum atomic E-state index is -0.524. The predicted molar refractivity (Wildman–Crippen MR) is 73.8 cm³/mol. The fourth-order valence-electron chi connectivity index (χ4n) is 1.85. The van der Waals surface area contributed by atoms with Crippen molar-refractivity contribution >= 4 is 0 Å². The molecule has 2 unspecified atom stereocenters. The molecule has 1 aromatic carbocycles. The molecule has 0 aromatic heterocycles. The van der Waals surface area contributed by atoms with Gasteiger partial charge in [0, 0.05) is 25.3 Å². The van der Waals surface area contributed by atoms with Gasteiger partial charge in [-0.3, -0.25) is 0 Å². The number of rotatable bonds is 8. The van der Waals surface area contributed by atoms with Gasteiger partial charge < -0.3 is 24.6 Å². The molecule has 0 fully saturated rings. The van der Waals surface area contributed by atoms with E-state index in [0.29, 0.717) is 13.2 Å². The van der Waals surface area contributed by atoms with Gasteiger partial charge in [0.15, 0.2) is 0 Å². The third kappa shape index (κ3) is 4.70. The van der Waals surface area contributed by atoms with Crippen LogP contribution in [-0.2, 0) is 4.74 Å². The lowest BCUT2D eigenvalue weighted by Crippen LogP contribution is -2.32. The van der Waals surface area contributed by atoms with Crippen LogP contribution in [0.4, 0.5) is 0 Å². The largest absolute Gasteiger partial charge is 0.497 e. The molecule has 0 bridgehead atoms. The lowest BCUT2D eigenvalue weighted by atomic mass is 10.1. The van der Waals surface area contributed by atoms with Crippen LogP contribution in [0.2, 0.25) is 0 Å². The molecular formula is C14H23NO4. The normalized spacial score (nSPS) is 13.9. The fourth-order valence-corrected chi connectivity index (χ4v) is 1.85. The minimum Gasteiger partial charge on any atom is -0.497 e. The first-order valence-electron chi connectivity index (χ1n) is 6.24. The van der Waals surface area contributed by atoms with Crippen molar-refractivity contribution in [2.75, 3.05) is 34.5 Å². The number of benzene rings is 1. The van der Waals surface area contributed by atoms with Crippen molar-refractivity contribution in [3.8, 4) is 11.5 Å². The van der Waals surface area contributed by atoms with Gasteiger partial charge in [-0.1, -0.05) is 0 Å². The molecule has 0 aliphatic heterocycles. The van der Waals surface area contributed by atoms with E-state index in [1.165, 1.54) is 0 Å². The maximum Gasteiger partial charge on any atom is 0.123 e. The monoisotopic (exact) mass is 269 g/mol. The summed E-state index contributed by atoms with van der Waals surface area (Å²) in [5.74, 6) is 1.57. The van der Waals surface area contributed by atoms with E-state index >= 15 is 0 Å². The second-order valence-corrected chi connectivity index (χ2v) is 4.35. The van der Waals surface area contributed by atoms with Crippen LogP contribution < -0.4 is 14.8 Å². The molecule has 19 heavy (non-hydrogen) atoms. The molecule has 2 atom stereocenters. The Balaban J connectivity index is 2.71. The average Bonchev–Trinajstić information content (AvgIpc) is 2.44. The van der Waals surface area contributed by atoms with Crippen molar-refractivity contribution in [1.82, 2.24) is 5.32 Å². The number of aliphatic hydroxyl groups is 1. The van der Waals surface area contributed by atoms with Crippen LogP contribution in [0.25, 0.3) is 0 Å². The molecule has 0 amide bonds. The Hall–Kier alpha value is -1.30. The van der Waals surface area contributed by atoms with E-state index in [1.807, 2.05) is 25.1 Å². The van der Waals surface area contributed by atoms with E-state index in [9.17, 15) is 5.11 Å². The number of methoxy groups -OCH3 is 3. The summed E-state index contributed by atoms with van der Waals surface area (Å²) >= 11 is 0. The third-order valence-corrected chi connectivity index (χ3v) is 2.92. The summed E-state index contributed by atoms with van der Waals surface area (Å²) in [5, 5.41) is 12.9. The molecule has 0 saturated carbocycles. The van der Waals surface area contributed by atoms with Crippen LogP contribution in [0.3, 0.4) is 0 Å². The Kier molecular flexibility index (Phi) is 6.62. The summed E-state index contributed by atoms with van der Waals surface area (Å²) in [4.78, 5) is 0. The van der Waals surface area contributed by atoms with Crippen molar-refractivity contribution < 1.29 is 19.3 Å².